The van der Waals surface area contributed by atoms with Gasteiger partial charge < -0.3 is 10.4 Å². The van der Waals surface area contributed by atoms with Crippen molar-refractivity contribution in [2.75, 3.05) is 0 Å². The van der Waals surface area contributed by atoms with Crippen molar-refractivity contribution in [3.05, 3.63) is 16.6 Å². The standard InChI is InChI=1S/C11H18N2OS/c1-8(11-12-6-7-15-11)13-9-4-2-3-5-10(9)14/h6-10,13-14H,2-5H2,1H3. The SMILES string of the molecule is CC(NC1CCCCC1O)c1nccs1. The summed E-state index contributed by atoms with van der Waals surface area (Å²) in [7, 11) is 0. The first-order valence-corrected chi connectivity index (χ1v) is 6.49. The van der Waals surface area contributed by atoms with Gasteiger partial charge in [0, 0.05) is 17.6 Å². The van der Waals surface area contributed by atoms with Gasteiger partial charge in [-0.3, -0.25) is 0 Å². The summed E-state index contributed by atoms with van der Waals surface area (Å²) >= 11 is 1.67. The Kier molecular flexibility index (Phi) is 3.72. The first kappa shape index (κ1) is 11.0. The van der Waals surface area contributed by atoms with E-state index < -0.39 is 0 Å². The van der Waals surface area contributed by atoms with Gasteiger partial charge in [-0.05, 0) is 19.8 Å². The molecule has 2 N–H and O–H groups in total. The van der Waals surface area contributed by atoms with Crippen LogP contribution >= 0.6 is 11.3 Å². The van der Waals surface area contributed by atoms with E-state index in [0.29, 0.717) is 0 Å². The molecule has 0 radical (unpaired) electrons. The van der Waals surface area contributed by atoms with Crippen molar-refractivity contribution in [2.45, 2.75) is 50.8 Å². The van der Waals surface area contributed by atoms with Gasteiger partial charge in [0.25, 0.3) is 0 Å². The zero-order valence-electron chi connectivity index (χ0n) is 9.02. The first-order valence-electron chi connectivity index (χ1n) is 5.61. The van der Waals surface area contributed by atoms with Crippen molar-refractivity contribution in [1.82, 2.24) is 10.3 Å². The molecule has 1 saturated carbocycles. The molecule has 0 amide bonds. The zero-order valence-corrected chi connectivity index (χ0v) is 9.83. The Morgan fingerprint density at radius 2 is 2.33 bits per heavy atom. The van der Waals surface area contributed by atoms with Crippen LogP contribution in [0, 0.1) is 0 Å². The second-order valence-electron chi connectivity index (χ2n) is 4.22. The van der Waals surface area contributed by atoms with Gasteiger partial charge >= 0.3 is 0 Å². The molecule has 1 aromatic heterocycles. The highest BCUT2D eigenvalue weighted by molar-refractivity contribution is 7.09. The quantitative estimate of drug-likeness (QED) is 0.829. The van der Waals surface area contributed by atoms with E-state index in [-0.39, 0.29) is 18.2 Å². The monoisotopic (exact) mass is 226 g/mol. The highest BCUT2D eigenvalue weighted by atomic mass is 32.1. The smallest absolute Gasteiger partial charge is 0.109 e. The predicted octanol–water partition coefficient (Wildman–Crippen LogP) is 2.10. The van der Waals surface area contributed by atoms with E-state index in [1.165, 1.54) is 6.42 Å². The summed E-state index contributed by atoms with van der Waals surface area (Å²) in [5.41, 5.74) is 0. The van der Waals surface area contributed by atoms with E-state index in [1.54, 1.807) is 11.3 Å². The van der Waals surface area contributed by atoms with Gasteiger partial charge in [0.05, 0.1) is 12.1 Å². The highest BCUT2D eigenvalue weighted by Gasteiger charge is 2.24. The maximum Gasteiger partial charge on any atom is 0.109 e. The van der Waals surface area contributed by atoms with Crippen LogP contribution in [-0.2, 0) is 0 Å². The van der Waals surface area contributed by atoms with E-state index in [2.05, 4.69) is 17.2 Å². The fraction of sp³-hybridized carbons (Fsp3) is 0.727. The summed E-state index contributed by atoms with van der Waals surface area (Å²) in [5.74, 6) is 0. The normalized spacial score (nSPS) is 28.9. The van der Waals surface area contributed by atoms with Crippen molar-refractivity contribution in [3.8, 4) is 0 Å². The molecule has 0 aliphatic heterocycles. The summed E-state index contributed by atoms with van der Waals surface area (Å²) in [4.78, 5) is 4.28. The van der Waals surface area contributed by atoms with Crippen molar-refractivity contribution < 1.29 is 5.11 Å². The predicted molar refractivity (Wildman–Crippen MR) is 61.9 cm³/mol. The molecule has 0 spiro atoms. The lowest BCUT2D eigenvalue weighted by molar-refractivity contribution is 0.0859. The van der Waals surface area contributed by atoms with E-state index in [9.17, 15) is 5.11 Å². The van der Waals surface area contributed by atoms with Crippen molar-refractivity contribution in [1.29, 1.82) is 0 Å². The molecule has 1 heterocycles. The molecular weight excluding hydrogens is 208 g/mol. The van der Waals surface area contributed by atoms with E-state index in [1.807, 2.05) is 11.6 Å². The molecule has 1 aromatic rings. The number of nitrogens with zero attached hydrogens (tertiary/aromatic N) is 1. The third-order valence-corrected chi connectivity index (χ3v) is 3.97. The number of nitrogens with one attached hydrogen (secondary N) is 1. The van der Waals surface area contributed by atoms with Crippen LogP contribution in [0.2, 0.25) is 0 Å². The number of thiazole rings is 1. The molecule has 0 aromatic carbocycles. The third-order valence-electron chi connectivity index (χ3n) is 3.02. The van der Waals surface area contributed by atoms with Crippen molar-refractivity contribution in [2.24, 2.45) is 0 Å². The highest BCUT2D eigenvalue weighted by Crippen LogP contribution is 2.22. The fourth-order valence-corrected chi connectivity index (χ4v) is 2.80. The summed E-state index contributed by atoms with van der Waals surface area (Å²) in [5, 5.41) is 16.4. The largest absolute Gasteiger partial charge is 0.392 e. The Labute approximate surface area is 94.5 Å². The Morgan fingerprint density at radius 1 is 1.53 bits per heavy atom. The fourth-order valence-electron chi connectivity index (χ4n) is 2.15. The summed E-state index contributed by atoms with van der Waals surface area (Å²) in [6.45, 7) is 2.11. The van der Waals surface area contributed by atoms with Crippen LogP contribution in [0.1, 0.15) is 43.7 Å². The molecule has 4 heteroatoms. The third kappa shape index (κ3) is 2.77. The molecule has 1 fully saturated rings. The average molecular weight is 226 g/mol. The molecule has 1 aliphatic carbocycles. The van der Waals surface area contributed by atoms with Gasteiger partial charge in [0.1, 0.15) is 5.01 Å². The maximum atomic E-state index is 9.84. The van der Waals surface area contributed by atoms with Gasteiger partial charge in [0.15, 0.2) is 0 Å². The van der Waals surface area contributed by atoms with Gasteiger partial charge in [-0.15, -0.1) is 11.3 Å². The number of aromatic nitrogens is 1. The second kappa shape index (κ2) is 5.05. The topological polar surface area (TPSA) is 45.1 Å². The number of hydrogen-bond donors (Lipinski definition) is 2. The molecule has 3 atom stereocenters. The average Bonchev–Trinajstić information content (AvgIpc) is 2.74. The summed E-state index contributed by atoms with van der Waals surface area (Å²) in [6, 6.07) is 0.500. The van der Waals surface area contributed by atoms with E-state index >= 15 is 0 Å². The molecule has 3 unspecified atom stereocenters. The number of aliphatic hydroxyl groups is 1. The van der Waals surface area contributed by atoms with Crippen LogP contribution in [0.3, 0.4) is 0 Å². The Hall–Kier alpha value is -0.450. The van der Waals surface area contributed by atoms with Gasteiger partial charge in [-0.25, -0.2) is 4.98 Å². The lowest BCUT2D eigenvalue weighted by Crippen LogP contribution is -2.43. The minimum Gasteiger partial charge on any atom is -0.392 e. The van der Waals surface area contributed by atoms with Crippen LogP contribution in [-0.4, -0.2) is 22.2 Å². The zero-order chi connectivity index (χ0) is 10.7. The van der Waals surface area contributed by atoms with Crippen molar-refractivity contribution >= 4 is 11.3 Å². The van der Waals surface area contributed by atoms with Crippen LogP contribution in [0.25, 0.3) is 0 Å². The van der Waals surface area contributed by atoms with Crippen LogP contribution in [0.4, 0.5) is 0 Å². The molecule has 3 nitrogen and oxygen atoms in total. The van der Waals surface area contributed by atoms with Crippen molar-refractivity contribution in [3.63, 3.8) is 0 Å². The number of hydrogen-bond acceptors (Lipinski definition) is 4. The molecule has 1 aliphatic rings. The first-order chi connectivity index (χ1) is 7.27. The molecule has 2 rings (SSSR count). The van der Waals surface area contributed by atoms with Gasteiger partial charge in [-0.2, -0.15) is 0 Å². The lowest BCUT2D eigenvalue weighted by atomic mass is 9.92. The minimum absolute atomic E-state index is 0.179. The summed E-state index contributed by atoms with van der Waals surface area (Å²) in [6.07, 6.45) is 6.04. The number of rotatable bonds is 3. The molecule has 0 saturated heterocycles. The van der Waals surface area contributed by atoms with E-state index in [0.717, 1.165) is 24.3 Å². The second-order valence-corrected chi connectivity index (χ2v) is 5.14. The molecule has 15 heavy (non-hydrogen) atoms. The van der Waals surface area contributed by atoms with Crippen LogP contribution in [0.5, 0.6) is 0 Å². The molecule has 0 bridgehead atoms. The minimum atomic E-state index is -0.179. The Bertz CT molecular complexity index is 289. The van der Waals surface area contributed by atoms with Crippen LogP contribution in [0.15, 0.2) is 11.6 Å². The van der Waals surface area contributed by atoms with Gasteiger partial charge in [-0.1, -0.05) is 12.8 Å². The molecular formula is C11H18N2OS. The summed E-state index contributed by atoms with van der Waals surface area (Å²) < 4.78 is 0. The Morgan fingerprint density at radius 3 is 3.00 bits per heavy atom. The maximum absolute atomic E-state index is 9.84. The lowest BCUT2D eigenvalue weighted by Gasteiger charge is -2.30. The molecule has 84 valence electrons. The van der Waals surface area contributed by atoms with E-state index in [4.69, 9.17) is 0 Å². The number of aliphatic hydroxyl groups excluding tert-OH is 1. The Balaban J connectivity index is 1.90. The van der Waals surface area contributed by atoms with Gasteiger partial charge in [0.2, 0.25) is 0 Å². The van der Waals surface area contributed by atoms with Crippen LogP contribution < -0.4 is 5.32 Å².